The van der Waals surface area contributed by atoms with Crippen molar-refractivity contribution in [2.75, 3.05) is 0 Å². The molecule has 3 nitrogen and oxygen atoms in total. The molecule has 3 aromatic rings. The number of carbonyl (C=O) groups is 2. The molecule has 0 atom stereocenters. The molecule has 0 bridgehead atoms. The van der Waals surface area contributed by atoms with Crippen LogP contribution in [0.1, 0.15) is 43.8 Å². The van der Waals surface area contributed by atoms with Gasteiger partial charge in [-0.25, -0.2) is 9.59 Å². The first-order valence-electron chi connectivity index (χ1n) is 9.74. The summed E-state index contributed by atoms with van der Waals surface area (Å²) in [6.07, 6.45) is 8.52. The van der Waals surface area contributed by atoms with Gasteiger partial charge in [-0.3, -0.25) is 0 Å². The topological polar surface area (TPSA) is 43.4 Å². The Hall–Kier alpha value is -3.72. The van der Waals surface area contributed by atoms with Crippen molar-refractivity contribution in [2.45, 2.75) is 12.8 Å². The SMILES string of the molecule is O=C1OC(=O)c2cc(C3=CCC=c4c3ccc3c4=CCc4ccccc4-3)ccc21. The standard InChI is InChI=1S/C26H16O3/c27-25-23-11-9-16(14-24(23)26(28)29-25)18-6-3-7-19-21(18)13-12-20-17-5-2-1-4-15(17)8-10-22(19)20/h1-2,4-7,9-14H,3,8H2. The van der Waals surface area contributed by atoms with Gasteiger partial charge in [-0.1, -0.05) is 60.7 Å². The first-order valence-corrected chi connectivity index (χ1v) is 9.74. The lowest BCUT2D eigenvalue weighted by Gasteiger charge is -2.19. The lowest BCUT2D eigenvalue weighted by molar-refractivity contribution is 0.0444. The number of fused-ring (bicyclic) bond motifs is 6. The van der Waals surface area contributed by atoms with Crippen LogP contribution in [-0.4, -0.2) is 11.9 Å². The number of allylic oxidation sites excluding steroid dienone is 1. The Morgan fingerprint density at radius 2 is 1.41 bits per heavy atom. The molecular weight excluding hydrogens is 360 g/mol. The number of hydrogen-bond acceptors (Lipinski definition) is 3. The molecule has 29 heavy (non-hydrogen) atoms. The van der Waals surface area contributed by atoms with Crippen molar-refractivity contribution in [1.29, 1.82) is 0 Å². The molecule has 0 amide bonds. The maximum absolute atomic E-state index is 12.0. The van der Waals surface area contributed by atoms with Gasteiger partial charge in [0.2, 0.25) is 0 Å². The second-order valence-corrected chi connectivity index (χ2v) is 7.55. The molecular formula is C26H16O3. The zero-order chi connectivity index (χ0) is 19.5. The number of carbonyl (C=O) groups excluding carboxylic acids is 2. The highest BCUT2D eigenvalue weighted by Crippen LogP contribution is 2.30. The third-order valence-electron chi connectivity index (χ3n) is 6.01. The summed E-state index contributed by atoms with van der Waals surface area (Å²) in [6, 6.07) is 18.3. The predicted molar refractivity (Wildman–Crippen MR) is 112 cm³/mol. The van der Waals surface area contributed by atoms with Crippen molar-refractivity contribution >= 4 is 29.7 Å². The second kappa shape index (κ2) is 5.89. The number of rotatable bonds is 1. The summed E-state index contributed by atoms with van der Waals surface area (Å²) >= 11 is 0. The average molecular weight is 376 g/mol. The molecule has 0 unspecified atom stereocenters. The Morgan fingerprint density at radius 3 is 2.34 bits per heavy atom. The highest BCUT2D eigenvalue weighted by molar-refractivity contribution is 6.15. The lowest BCUT2D eigenvalue weighted by atomic mass is 9.84. The second-order valence-electron chi connectivity index (χ2n) is 7.55. The fourth-order valence-electron chi connectivity index (χ4n) is 4.65. The maximum atomic E-state index is 12.0. The number of hydrogen-bond donors (Lipinski definition) is 0. The van der Waals surface area contributed by atoms with Crippen molar-refractivity contribution in [2.24, 2.45) is 0 Å². The first kappa shape index (κ1) is 16.3. The van der Waals surface area contributed by atoms with E-state index < -0.39 is 11.9 Å². The van der Waals surface area contributed by atoms with Gasteiger partial charge in [-0.05, 0) is 68.8 Å². The molecule has 1 heterocycles. The van der Waals surface area contributed by atoms with Gasteiger partial charge in [-0.15, -0.1) is 0 Å². The van der Waals surface area contributed by atoms with Crippen molar-refractivity contribution in [3.8, 4) is 11.1 Å². The molecule has 3 heteroatoms. The van der Waals surface area contributed by atoms with E-state index in [1.54, 1.807) is 12.1 Å². The molecule has 0 spiro atoms. The summed E-state index contributed by atoms with van der Waals surface area (Å²) in [7, 11) is 0. The van der Waals surface area contributed by atoms with E-state index >= 15 is 0 Å². The number of cyclic esters (lactones) is 2. The zero-order valence-electron chi connectivity index (χ0n) is 15.6. The molecule has 0 radical (unpaired) electrons. The minimum Gasteiger partial charge on any atom is -0.386 e. The predicted octanol–water partition coefficient (Wildman–Crippen LogP) is 3.62. The summed E-state index contributed by atoms with van der Waals surface area (Å²) in [5.41, 5.74) is 7.80. The van der Waals surface area contributed by atoms with E-state index in [-0.39, 0.29) is 0 Å². The van der Waals surface area contributed by atoms with E-state index in [9.17, 15) is 9.59 Å². The molecule has 3 aromatic carbocycles. The van der Waals surface area contributed by atoms with E-state index in [1.165, 1.54) is 27.1 Å². The van der Waals surface area contributed by atoms with Gasteiger partial charge in [0.15, 0.2) is 0 Å². The van der Waals surface area contributed by atoms with Crippen LogP contribution in [0.15, 0.2) is 60.7 Å². The summed E-state index contributed by atoms with van der Waals surface area (Å²) in [6.45, 7) is 0. The van der Waals surface area contributed by atoms with E-state index in [0.717, 1.165) is 29.5 Å². The largest absolute Gasteiger partial charge is 0.386 e. The Balaban J connectivity index is 1.53. The molecule has 3 aliphatic rings. The van der Waals surface area contributed by atoms with Gasteiger partial charge in [0.1, 0.15) is 0 Å². The third kappa shape index (κ3) is 2.31. The van der Waals surface area contributed by atoms with Crippen LogP contribution in [0, 0.1) is 0 Å². The fraction of sp³-hybridized carbons (Fsp3) is 0.0769. The highest BCUT2D eigenvalue weighted by atomic mass is 16.6. The molecule has 0 aromatic heterocycles. The van der Waals surface area contributed by atoms with Crippen LogP contribution in [0.5, 0.6) is 0 Å². The van der Waals surface area contributed by atoms with Gasteiger partial charge in [-0.2, -0.15) is 0 Å². The monoisotopic (exact) mass is 376 g/mol. The maximum Gasteiger partial charge on any atom is 0.346 e. The van der Waals surface area contributed by atoms with E-state index in [2.05, 4.69) is 54.6 Å². The van der Waals surface area contributed by atoms with Crippen LogP contribution in [0.4, 0.5) is 0 Å². The number of ether oxygens (including phenoxy) is 1. The van der Waals surface area contributed by atoms with Crippen LogP contribution < -0.4 is 10.4 Å². The van der Waals surface area contributed by atoms with Crippen molar-refractivity contribution in [1.82, 2.24) is 0 Å². The Labute approximate surface area is 167 Å². The molecule has 1 aliphatic heterocycles. The van der Waals surface area contributed by atoms with E-state index in [1.807, 2.05) is 6.07 Å². The van der Waals surface area contributed by atoms with Crippen LogP contribution in [0.25, 0.3) is 28.9 Å². The normalized spacial score (nSPS) is 15.8. The summed E-state index contributed by atoms with van der Waals surface area (Å²) in [5.74, 6) is -1.13. The van der Waals surface area contributed by atoms with Gasteiger partial charge < -0.3 is 4.74 Å². The smallest absolute Gasteiger partial charge is 0.346 e. The van der Waals surface area contributed by atoms with Crippen LogP contribution >= 0.6 is 0 Å². The third-order valence-corrected chi connectivity index (χ3v) is 6.01. The van der Waals surface area contributed by atoms with Crippen molar-refractivity contribution < 1.29 is 14.3 Å². The van der Waals surface area contributed by atoms with Gasteiger partial charge >= 0.3 is 11.9 Å². The minimum atomic E-state index is -0.565. The minimum absolute atomic E-state index is 0.345. The summed E-state index contributed by atoms with van der Waals surface area (Å²) in [4.78, 5) is 23.7. The van der Waals surface area contributed by atoms with E-state index in [0.29, 0.717) is 11.1 Å². The van der Waals surface area contributed by atoms with Gasteiger partial charge in [0.25, 0.3) is 0 Å². The molecule has 2 aliphatic carbocycles. The van der Waals surface area contributed by atoms with E-state index in [4.69, 9.17) is 4.74 Å². The Morgan fingerprint density at radius 1 is 0.655 bits per heavy atom. The summed E-state index contributed by atoms with van der Waals surface area (Å²) in [5, 5.41) is 2.52. The molecule has 0 saturated heterocycles. The highest BCUT2D eigenvalue weighted by Gasteiger charge is 2.30. The molecule has 138 valence electrons. The quantitative estimate of drug-likeness (QED) is 0.481. The van der Waals surface area contributed by atoms with Gasteiger partial charge in [0, 0.05) is 0 Å². The molecule has 0 saturated carbocycles. The first-order chi connectivity index (χ1) is 14.2. The Bertz CT molecular complexity index is 1410. The van der Waals surface area contributed by atoms with Crippen LogP contribution in [0.3, 0.4) is 0 Å². The summed E-state index contributed by atoms with van der Waals surface area (Å²) < 4.78 is 4.74. The lowest BCUT2D eigenvalue weighted by Crippen LogP contribution is -2.33. The van der Waals surface area contributed by atoms with Crippen molar-refractivity contribution in [3.05, 3.63) is 98.9 Å². The van der Waals surface area contributed by atoms with Gasteiger partial charge in [0.05, 0.1) is 11.1 Å². The van der Waals surface area contributed by atoms with Crippen LogP contribution in [0.2, 0.25) is 0 Å². The molecule has 6 rings (SSSR count). The Kier molecular flexibility index (Phi) is 3.30. The van der Waals surface area contributed by atoms with Crippen LogP contribution in [-0.2, 0) is 11.2 Å². The fourth-order valence-corrected chi connectivity index (χ4v) is 4.65. The molecule has 0 fully saturated rings. The number of esters is 2. The average Bonchev–Trinajstić information content (AvgIpc) is 3.05. The van der Waals surface area contributed by atoms with Crippen molar-refractivity contribution in [3.63, 3.8) is 0 Å². The number of benzene rings is 3. The zero-order valence-corrected chi connectivity index (χ0v) is 15.6. The molecule has 0 N–H and O–H groups in total.